The van der Waals surface area contributed by atoms with Crippen molar-refractivity contribution in [3.63, 3.8) is 0 Å². The third-order valence-corrected chi connectivity index (χ3v) is 2.81. The molecule has 2 rings (SSSR count). The van der Waals surface area contributed by atoms with Crippen LogP contribution in [0.3, 0.4) is 0 Å². The fourth-order valence-electron chi connectivity index (χ4n) is 1.62. The van der Waals surface area contributed by atoms with Crippen LogP contribution in [0.25, 0.3) is 0 Å². The van der Waals surface area contributed by atoms with Crippen LogP contribution in [0.15, 0.2) is 47.4 Å². The second kappa shape index (κ2) is 5.10. The Labute approximate surface area is 109 Å². The fraction of sp³-hybridized carbons (Fsp3) is 0.0769. The summed E-state index contributed by atoms with van der Waals surface area (Å²) in [5.41, 5.74) is 6.28. The van der Waals surface area contributed by atoms with Gasteiger partial charge in [0.15, 0.2) is 0 Å². The molecule has 0 spiro atoms. The summed E-state index contributed by atoms with van der Waals surface area (Å²) < 4.78 is 15.1. The van der Waals surface area contributed by atoms with Crippen LogP contribution in [0.4, 0.5) is 4.39 Å². The van der Waals surface area contributed by atoms with Crippen LogP contribution in [-0.2, 0) is 6.54 Å². The molecule has 0 aliphatic heterocycles. The molecular formula is C13H11FN2OS. The SMILES string of the molecule is NC(=S)c1ccc(F)c(Cn2ccccc2=O)c1. The quantitative estimate of drug-likeness (QED) is 0.856. The third-order valence-electron chi connectivity index (χ3n) is 2.57. The van der Waals surface area contributed by atoms with Crippen LogP contribution in [0.2, 0.25) is 0 Å². The van der Waals surface area contributed by atoms with E-state index in [4.69, 9.17) is 18.0 Å². The van der Waals surface area contributed by atoms with Crippen molar-refractivity contribution in [3.8, 4) is 0 Å². The highest BCUT2D eigenvalue weighted by atomic mass is 32.1. The minimum atomic E-state index is -0.384. The van der Waals surface area contributed by atoms with E-state index in [-0.39, 0.29) is 22.9 Å². The topological polar surface area (TPSA) is 48.0 Å². The van der Waals surface area contributed by atoms with Gasteiger partial charge in [-0.2, -0.15) is 0 Å². The van der Waals surface area contributed by atoms with E-state index in [9.17, 15) is 9.18 Å². The zero-order valence-corrected chi connectivity index (χ0v) is 10.3. The number of nitrogens with two attached hydrogens (primary N) is 1. The van der Waals surface area contributed by atoms with Gasteiger partial charge in [0.05, 0.1) is 6.54 Å². The van der Waals surface area contributed by atoms with Gasteiger partial charge in [0.2, 0.25) is 0 Å². The lowest BCUT2D eigenvalue weighted by atomic mass is 10.1. The van der Waals surface area contributed by atoms with Crippen LogP contribution in [-0.4, -0.2) is 9.56 Å². The molecule has 0 unspecified atom stereocenters. The molecule has 0 aliphatic rings. The Balaban J connectivity index is 2.40. The molecule has 0 saturated carbocycles. The van der Waals surface area contributed by atoms with Crippen molar-refractivity contribution in [2.45, 2.75) is 6.54 Å². The molecule has 0 radical (unpaired) electrons. The lowest BCUT2D eigenvalue weighted by Crippen LogP contribution is -2.19. The highest BCUT2D eigenvalue weighted by Gasteiger charge is 2.06. The third kappa shape index (κ3) is 2.62. The largest absolute Gasteiger partial charge is 0.389 e. The first-order chi connectivity index (χ1) is 8.58. The number of halogens is 1. The van der Waals surface area contributed by atoms with Gasteiger partial charge in [0, 0.05) is 23.4 Å². The van der Waals surface area contributed by atoms with Gasteiger partial charge in [-0.3, -0.25) is 4.79 Å². The predicted octanol–water partition coefficient (Wildman–Crippen LogP) is 1.67. The maximum Gasteiger partial charge on any atom is 0.250 e. The Morgan fingerprint density at radius 2 is 2.11 bits per heavy atom. The molecule has 0 saturated heterocycles. The molecule has 0 bridgehead atoms. The Morgan fingerprint density at radius 3 is 2.78 bits per heavy atom. The minimum absolute atomic E-state index is 0.155. The second-order valence-electron chi connectivity index (χ2n) is 3.84. The van der Waals surface area contributed by atoms with Gasteiger partial charge in [-0.25, -0.2) is 4.39 Å². The molecular weight excluding hydrogens is 251 g/mol. The number of rotatable bonds is 3. The molecule has 0 amide bonds. The highest BCUT2D eigenvalue weighted by Crippen LogP contribution is 2.11. The molecule has 0 atom stereocenters. The zero-order chi connectivity index (χ0) is 13.1. The summed E-state index contributed by atoms with van der Waals surface area (Å²) in [7, 11) is 0. The summed E-state index contributed by atoms with van der Waals surface area (Å²) >= 11 is 4.84. The van der Waals surface area contributed by atoms with Gasteiger partial charge in [-0.15, -0.1) is 0 Å². The molecule has 1 aromatic carbocycles. The lowest BCUT2D eigenvalue weighted by Gasteiger charge is -2.08. The number of pyridine rings is 1. The van der Waals surface area contributed by atoms with E-state index in [0.29, 0.717) is 11.1 Å². The van der Waals surface area contributed by atoms with Gasteiger partial charge in [-0.1, -0.05) is 18.3 Å². The number of nitrogens with zero attached hydrogens (tertiary/aromatic N) is 1. The number of thiocarbonyl (C=S) groups is 1. The summed E-state index contributed by atoms with van der Waals surface area (Å²) in [4.78, 5) is 11.7. The van der Waals surface area contributed by atoms with E-state index in [2.05, 4.69) is 0 Å². The minimum Gasteiger partial charge on any atom is -0.389 e. The van der Waals surface area contributed by atoms with Crippen LogP contribution >= 0.6 is 12.2 Å². The van der Waals surface area contributed by atoms with E-state index >= 15 is 0 Å². The van der Waals surface area contributed by atoms with Crippen molar-refractivity contribution < 1.29 is 4.39 Å². The van der Waals surface area contributed by atoms with Crippen molar-refractivity contribution in [2.75, 3.05) is 0 Å². The molecule has 1 heterocycles. The van der Waals surface area contributed by atoms with E-state index in [1.807, 2.05) is 0 Å². The molecule has 1 aromatic heterocycles. The Kier molecular flexibility index (Phi) is 3.53. The summed E-state index contributed by atoms with van der Waals surface area (Å²) in [6.07, 6.45) is 1.61. The highest BCUT2D eigenvalue weighted by molar-refractivity contribution is 7.80. The fourth-order valence-corrected chi connectivity index (χ4v) is 1.75. The molecule has 92 valence electrons. The normalized spacial score (nSPS) is 10.3. The Morgan fingerprint density at radius 1 is 1.33 bits per heavy atom. The number of aromatic nitrogens is 1. The maximum absolute atomic E-state index is 13.7. The molecule has 0 aliphatic carbocycles. The van der Waals surface area contributed by atoms with E-state index in [1.165, 1.54) is 22.8 Å². The van der Waals surface area contributed by atoms with Crippen LogP contribution in [0, 0.1) is 5.82 Å². The molecule has 0 fully saturated rings. The second-order valence-corrected chi connectivity index (χ2v) is 4.28. The van der Waals surface area contributed by atoms with Gasteiger partial charge >= 0.3 is 0 Å². The van der Waals surface area contributed by atoms with Crippen molar-refractivity contribution in [1.82, 2.24) is 4.57 Å². The van der Waals surface area contributed by atoms with Gasteiger partial charge in [0.25, 0.3) is 5.56 Å². The van der Waals surface area contributed by atoms with Crippen molar-refractivity contribution in [2.24, 2.45) is 5.73 Å². The molecule has 5 heteroatoms. The monoisotopic (exact) mass is 262 g/mol. The molecule has 2 aromatic rings. The summed E-state index contributed by atoms with van der Waals surface area (Å²) in [6, 6.07) is 9.18. The van der Waals surface area contributed by atoms with Gasteiger partial charge in [-0.05, 0) is 24.3 Å². The number of hydrogen-bond acceptors (Lipinski definition) is 2. The summed E-state index contributed by atoms with van der Waals surface area (Å²) in [5, 5.41) is 0. The number of benzene rings is 1. The van der Waals surface area contributed by atoms with Crippen LogP contribution in [0.1, 0.15) is 11.1 Å². The van der Waals surface area contributed by atoms with Crippen molar-refractivity contribution in [1.29, 1.82) is 0 Å². The number of hydrogen-bond donors (Lipinski definition) is 1. The first-order valence-electron chi connectivity index (χ1n) is 5.31. The Bertz CT molecular complexity index is 651. The van der Waals surface area contributed by atoms with Gasteiger partial charge < -0.3 is 10.3 Å². The summed E-state index contributed by atoms with van der Waals surface area (Å²) in [5.74, 6) is -0.384. The molecule has 3 nitrogen and oxygen atoms in total. The van der Waals surface area contributed by atoms with E-state index in [0.717, 1.165) is 0 Å². The predicted molar refractivity (Wildman–Crippen MR) is 72.1 cm³/mol. The maximum atomic E-state index is 13.7. The van der Waals surface area contributed by atoms with Crippen LogP contribution in [0.5, 0.6) is 0 Å². The first kappa shape index (κ1) is 12.4. The smallest absolute Gasteiger partial charge is 0.250 e. The summed E-state index contributed by atoms with van der Waals surface area (Å²) in [6.45, 7) is 0.155. The molecule has 2 N–H and O–H groups in total. The van der Waals surface area contributed by atoms with Crippen molar-refractivity contribution >= 4 is 17.2 Å². The zero-order valence-electron chi connectivity index (χ0n) is 9.47. The lowest BCUT2D eigenvalue weighted by molar-refractivity contribution is 0.596. The Hall–Kier alpha value is -2.01. The van der Waals surface area contributed by atoms with E-state index in [1.54, 1.807) is 24.4 Å². The average molecular weight is 262 g/mol. The van der Waals surface area contributed by atoms with Crippen LogP contribution < -0.4 is 11.3 Å². The van der Waals surface area contributed by atoms with Gasteiger partial charge in [0.1, 0.15) is 10.8 Å². The first-order valence-corrected chi connectivity index (χ1v) is 5.72. The average Bonchev–Trinajstić information content (AvgIpc) is 2.34. The molecule has 18 heavy (non-hydrogen) atoms. The standard InChI is InChI=1S/C13H11FN2OS/c14-11-5-4-9(13(15)18)7-10(11)8-16-6-2-1-3-12(16)17/h1-7H,8H2,(H2,15,18). The van der Waals surface area contributed by atoms with Crippen molar-refractivity contribution in [3.05, 3.63) is 69.9 Å². The van der Waals surface area contributed by atoms with E-state index < -0.39 is 0 Å².